The van der Waals surface area contributed by atoms with Crippen molar-refractivity contribution >= 4 is 27.4 Å². The molecule has 1 spiro atoms. The van der Waals surface area contributed by atoms with Crippen LogP contribution in [-0.4, -0.2) is 4.57 Å². The second-order valence-corrected chi connectivity index (χ2v) is 20.7. The number of fused-ring (bicyclic) bond motifs is 13. The van der Waals surface area contributed by atoms with Crippen LogP contribution in [-0.2, 0) is 16.2 Å². The van der Waals surface area contributed by atoms with Gasteiger partial charge < -0.3 is 4.57 Å². The number of rotatable bonds is 5. The van der Waals surface area contributed by atoms with E-state index in [-0.39, 0.29) is 21.7 Å². The van der Waals surface area contributed by atoms with Gasteiger partial charge in [0.2, 0.25) is 0 Å². The van der Waals surface area contributed by atoms with Gasteiger partial charge in [-0.05, 0) is 163 Å². The molecule has 8 aromatic rings. The minimum Gasteiger partial charge on any atom is -0.309 e. The summed E-state index contributed by atoms with van der Waals surface area (Å²) in [6.07, 6.45) is 16.7. The Balaban J connectivity index is 0.949. The number of hydrogen-bond acceptors (Lipinski definition) is 0. The predicted molar refractivity (Wildman–Crippen MR) is 270 cm³/mol. The van der Waals surface area contributed by atoms with E-state index < -0.39 is 0 Å². The average molecular weight is 826 g/mol. The van der Waals surface area contributed by atoms with Crippen molar-refractivity contribution in [3.8, 4) is 50.2 Å². The summed E-state index contributed by atoms with van der Waals surface area (Å²) in [7, 11) is 0. The molecule has 1 saturated carbocycles. The second kappa shape index (κ2) is 13.1. The molecule has 1 heteroatoms. The SMILES string of the molecule is CCC1(CC)C2C=CC=CC=C2c2cc(-c3ccc4c(c3)c3ccc(-c5ccc6c(c5)-c5cc7c(cc5C6(C)C)C(C)(C)c5ccccc5-7)cc3n4-c3ccccc3)ccc2C12CC2. The van der Waals surface area contributed by atoms with Crippen LogP contribution in [0.1, 0.15) is 101 Å². The maximum atomic E-state index is 2.54. The van der Waals surface area contributed by atoms with E-state index in [0.29, 0.717) is 5.92 Å². The van der Waals surface area contributed by atoms with Crippen molar-refractivity contribution in [3.63, 3.8) is 0 Å². The third-order valence-electron chi connectivity index (χ3n) is 17.4. The molecule has 0 radical (unpaired) electrons. The molecule has 13 rings (SSSR count). The number of benzene rings is 7. The largest absolute Gasteiger partial charge is 0.309 e. The van der Waals surface area contributed by atoms with E-state index in [0.717, 1.165) is 0 Å². The van der Waals surface area contributed by atoms with Crippen molar-refractivity contribution in [2.45, 2.75) is 83.5 Å². The lowest BCUT2D eigenvalue weighted by Gasteiger charge is -2.51. The monoisotopic (exact) mass is 825 g/mol. The normalized spacial score (nSPS) is 19.4. The molecule has 0 amide bonds. The number of para-hydroxylation sites is 1. The first kappa shape index (κ1) is 38.1. The average Bonchev–Trinajstić information content (AvgIpc) is 4.03. The summed E-state index contributed by atoms with van der Waals surface area (Å²) in [6, 6.07) is 54.1. The van der Waals surface area contributed by atoms with Gasteiger partial charge in [-0.3, -0.25) is 0 Å². The lowest BCUT2D eigenvalue weighted by molar-refractivity contribution is 0.138. The van der Waals surface area contributed by atoms with E-state index >= 15 is 0 Å². The third-order valence-corrected chi connectivity index (χ3v) is 17.4. The molecule has 7 aromatic carbocycles. The maximum Gasteiger partial charge on any atom is 0.0547 e. The standard InChI is InChI=1S/C63H55N/c1-7-62(8-2)54-22-14-10-13-19-45(54)47-33-39(25-29-55(47)63(62)31-32-63)41-26-30-58-51(35-41)46-27-23-42(36-59(46)64(58)43-17-11-9-12-18-43)40-24-28-53-48(34-40)50-37-49-44-20-15-16-21-52(44)60(3,4)56(49)38-57(50)61(53,5)6/h9-30,33-38,54H,7-8,31-32H2,1-6H3. The predicted octanol–water partition coefficient (Wildman–Crippen LogP) is 16.7. The Morgan fingerprint density at radius 2 is 1.08 bits per heavy atom. The minimum absolute atomic E-state index is 0.0213. The Hall–Kier alpha value is -6.44. The molecular formula is C63H55N. The molecule has 1 heterocycles. The van der Waals surface area contributed by atoms with E-state index in [1.54, 1.807) is 5.56 Å². The Bertz CT molecular complexity index is 3400. The maximum absolute atomic E-state index is 2.54. The van der Waals surface area contributed by atoms with Crippen LogP contribution in [0.25, 0.3) is 77.6 Å². The van der Waals surface area contributed by atoms with E-state index in [1.807, 2.05) is 0 Å². The highest BCUT2D eigenvalue weighted by Crippen LogP contribution is 2.71. The Labute approximate surface area is 378 Å². The highest BCUT2D eigenvalue weighted by atomic mass is 15.0. The van der Waals surface area contributed by atoms with Gasteiger partial charge in [-0.2, -0.15) is 0 Å². The van der Waals surface area contributed by atoms with Crippen molar-refractivity contribution in [2.24, 2.45) is 11.3 Å². The Morgan fingerprint density at radius 3 is 1.83 bits per heavy atom. The van der Waals surface area contributed by atoms with Crippen molar-refractivity contribution in [1.29, 1.82) is 0 Å². The zero-order valence-corrected chi connectivity index (χ0v) is 38.0. The zero-order valence-electron chi connectivity index (χ0n) is 38.0. The lowest BCUT2D eigenvalue weighted by atomic mass is 9.52. The van der Waals surface area contributed by atoms with Crippen LogP contribution in [0.15, 0.2) is 170 Å². The highest BCUT2D eigenvalue weighted by molar-refractivity contribution is 6.11. The van der Waals surface area contributed by atoms with Gasteiger partial charge in [-0.25, -0.2) is 0 Å². The van der Waals surface area contributed by atoms with Crippen LogP contribution >= 0.6 is 0 Å². The number of hydrogen-bond donors (Lipinski definition) is 0. The molecule has 0 aliphatic heterocycles. The molecule has 0 bridgehead atoms. The molecule has 0 N–H and O–H groups in total. The molecule has 64 heavy (non-hydrogen) atoms. The van der Waals surface area contributed by atoms with Crippen molar-refractivity contribution < 1.29 is 0 Å². The van der Waals surface area contributed by atoms with Gasteiger partial charge in [0.05, 0.1) is 11.0 Å². The first-order valence-corrected chi connectivity index (χ1v) is 23.9. The molecule has 5 aliphatic carbocycles. The lowest BCUT2D eigenvalue weighted by Crippen LogP contribution is -2.45. The summed E-state index contributed by atoms with van der Waals surface area (Å²) >= 11 is 0. The molecule has 1 unspecified atom stereocenters. The van der Waals surface area contributed by atoms with Crippen LogP contribution in [0.4, 0.5) is 0 Å². The van der Waals surface area contributed by atoms with Crippen molar-refractivity contribution in [3.05, 3.63) is 203 Å². The summed E-state index contributed by atoms with van der Waals surface area (Å²) in [4.78, 5) is 0. The summed E-state index contributed by atoms with van der Waals surface area (Å²) in [6.45, 7) is 14.5. The topological polar surface area (TPSA) is 4.93 Å². The fourth-order valence-corrected chi connectivity index (χ4v) is 13.9. The highest BCUT2D eigenvalue weighted by Gasteiger charge is 2.64. The fourth-order valence-electron chi connectivity index (χ4n) is 13.9. The first-order valence-electron chi connectivity index (χ1n) is 23.9. The van der Waals surface area contributed by atoms with Crippen LogP contribution in [0.3, 0.4) is 0 Å². The van der Waals surface area contributed by atoms with Gasteiger partial charge in [-0.1, -0.05) is 163 Å². The van der Waals surface area contributed by atoms with Gasteiger partial charge in [-0.15, -0.1) is 0 Å². The second-order valence-electron chi connectivity index (χ2n) is 20.7. The molecule has 1 nitrogen and oxygen atoms in total. The summed E-state index contributed by atoms with van der Waals surface area (Å²) in [5, 5.41) is 2.57. The van der Waals surface area contributed by atoms with Crippen LogP contribution in [0.5, 0.6) is 0 Å². The molecule has 5 aliphatic rings. The molecule has 1 fully saturated rings. The van der Waals surface area contributed by atoms with E-state index in [2.05, 4.69) is 216 Å². The smallest absolute Gasteiger partial charge is 0.0547 e. The Morgan fingerprint density at radius 1 is 0.469 bits per heavy atom. The molecule has 312 valence electrons. The summed E-state index contributed by atoms with van der Waals surface area (Å²) in [5.74, 6) is 0.431. The van der Waals surface area contributed by atoms with E-state index in [1.165, 1.54) is 131 Å². The van der Waals surface area contributed by atoms with Crippen molar-refractivity contribution in [2.75, 3.05) is 0 Å². The van der Waals surface area contributed by atoms with Gasteiger partial charge in [0.1, 0.15) is 0 Å². The van der Waals surface area contributed by atoms with Crippen LogP contribution < -0.4 is 0 Å². The quantitative estimate of drug-likeness (QED) is 0.163. The van der Waals surface area contributed by atoms with Gasteiger partial charge in [0.25, 0.3) is 0 Å². The number of aromatic nitrogens is 1. The third kappa shape index (κ3) is 4.86. The van der Waals surface area contributed by atoms with Gasteiger partial charge >= 0.3 is 0 Å². The summed E-state index contributed by atoms with van der Waals surface area (Å²) in [5.41, 5.74) is 24.9. The number of nitrogens with zero attached hydrogens (tertiary/aromatic N) is 1. The fraction of sp³-hybridized carbons (Fsp3) is 0.238. The minimum atomic E-state index is -0.0834. The van der Waals surface area contributed by atoms with E-state index in [9.17, 15) is 0 Å². The molecular weight excluding hydrogens is 771 g/mol. The molecule has 1 aromatic heterocycles. The van der Waals surface area contributed by atoms with E-state index in [4.69, 9.17) is 0 Å². The number of allylic oxidation sites excluding steroid dienone is 6. The summed E-state index contributed by atoms with van der Waals surface area (Å²) < 4.78 is 2.48. The van der Waals surface area contributed by atoms with Gasteiger partial charge in [0.15, 0.2) is 0 Å². The first-order chi connectivity index (χ1) is 31.1. The van der Waals surface area contributed by atoms with Crippen molar-refractivity contribution in [1.82, 2.24) is 4.57 Å². The van der Waals surface area contributed by atoms with Gasteiger partial charge in [0, 0.05) is 38.6 Å². The molecule has 0 saturated heterocycles. The molecule has 1 atom stereocenters. The van der Waals surface area contributed by atoms with Crippen LogP contribution in [0, 0.1) is 11.3 Å². The Kier molecular flexibility index (Phi) is 7.77. The zero-order chi connectivity index (χ0) is 43.3. The van der Waals surface area contributed by atoms with Crippen LogP contribution in [0.2, 0.25) is 0 Å².